The molecule has 106 valence electrons. The summed E-state index contributed by atoms with van der Waals surface area (Å²) < 4.78 is 5.09. The second kappa shape index (κ2) is 5.25. The third kappa shape index (κ3) is 2.67. The van der Waals surface area contributed by atoms with Crippen molar-refractivity contribution in [3.8, 4) is 0 Å². The van der Waals surface area contributed by atoms with Crippen LogP contribution in [0.15, 0.2) is 29.1 Å². The van der Waals surface area contributed by atoms with Crippen molar-refractivity contribution in [2.45, 2.75) is 38.3 Å². The van der Waals surface area contributed by atoms with Gasteiger partial charge in [-0.1, -0.05) is 0 Å². The second-order valence-electron chi connectivity index (χ2n) is 5.51. The molecule has 1 saturated carbocycles. The summed E-state index contributed by atoms with van der Waals surface area (Å²) in [5, 5.41) is 9.43. The molecule has 0 aliphatic heterocycles. The van der Waals surface area contributed by atoms with Gasteiger partial charge in [-0.05, 0) is 25.8 Å². The Morgan fingerprint density at radius 2 is 2.20 bits per heavy atom. The first-order valence-corrected chi connectivity index (χ1v) is 6.87. The molecule has 2 aromatic heterocycles. The molecule has 0 bridgehead atoms. The van der Waals surface area contributed by atoms with E-state index in [0.717, 1.165) is 42.3 Å². The molecular weight excluding hydrogens is 254 g/mol. The average Bonchev–Trinajstić information content (AvgIpc) is 2.87. The Morgan fingerprint density at radius 3 is 2.85 bits per heavy atom. The molecule has 20 heavy (non-hydrogen) atoms. The van der Waals surface area contributed by atoms with Gasteiger partial charge in [0.15, 0.2) is 0 Å². The molecular formula is C15H19N3O2. The number of aliphatic hydroxyl groups is 1. The van der Waals surface area contributed by atoms with E-state index in [0.29, 0.717) is 5.92 Å². The number of hydrogen-bond acceptors (Lipinski definition) is 5. The molecule has 5 heteroatoms. The van der Waals surface area contributed by atoms with Gasteiger partial charge in [0.2, 0.25) is 0 Å². The van der Waals surface area contributed by atoms with E-state index in [1.165, 1.54) is 0 Å². The van der Waals surface area contributed by atoms with Crippen molar-refractivity contribution >= 4 is 5.82 Å². The van der Waals surface area contributed by atoms with Gasteiger partial charge in [0.25, 0.3) is 0 Å². The fourth-order valence-electron chi connectivity index (χ4n) is 2.55. The summed E-state index contributed by atoms with van der Waals surface area (Å²) in [6.45, 7) is 2.66. The Bertz CT molecular complexity index is 577. The Hall–Kier alpha value is -1.88. The van der Waals surface area contributed by atoms with Crippen LogP contribution in [0.1, 0.15) is 35.8 Å². The molecule has 0 unspecified atom stereocenters. The van der Waals surface area contributed by atoms with E-state index in [-0.39, 0.29) is 6.10 Å². The molecule has 0 radical (unpaired) electrons. The molecule has 2 aromatic rings. The molecule has 3 rings (SSSR count). The summed E-state index contributed by atoms with van der Waals surface area (Å²) in [4.78, 5) is 11.1. The molecule has 0 spiro atoms. The van der Waals surface area contributed by atoms with Gasteiger partial charge in [0, 0.05) is 36.8 Å². The smallest absolute Gasteiger partial charge is 0.132 e. The van der Waals surface area contributed by atoms with Crippen LogP contribution in [0, 0.1) is 6.92 Å². The average molecular weight is 273 g/mol. The number of hydrogen-bond donors (Lipinski definition) is 1. The summed E-state index contributed by atoms with van der Waals surface area (Å²) in [7, 11) is 2.01. The monoisotopic (exact) mass is 273 g/mol. The highest BCUT2D eigenvalue weighted by molar-refractivity contribution is 5.41. The van der Waals surface area contributed by atoms with E-state index in [1.807, 2.05) is 26.1 Å². The second-order valence-corrected chi connectivity index (χ2v) is 5.51. The van der Waals surface area contributed by atoms with Crippen molar-refractivity contribution in [3.05, 3.63) is 41.7 Å². The van der Waals surface area contributed by atoms with Crippen molar-refractivity contribution in [1.29, 1.82) is 0 Å². The normalized spacial score (nSPS) is 21.6. The lowest BCUT2D eigenvalue weighted by molar-refractivity contribution is 0.0731. The van der Waals surface area contributed by atoms with Gasteiger partial charge in [0.1, 0.15) is 11.6 Å². The minimum Gasteiger partial charge on any atom is -0.472 e. The zero-order valence-corrected chi connectivity index (χ0v) is 11.8. The Labute approximate surface area is 118 Å². The minimum absolute atomic E-state index is 0.164. The Kier molecular flexibility index (Phi) is 3.44. The molecule has 2 heterocycles. The standard InChI is InChI=1S/C15H19N3O2/c1-10-16-14(12-5-13(19)6-12)7-15(17-10)18(2)8-11-3-4-20-9-11/h3-4,7,9,12-13,19H,5-6,8H2,1-2H3. The molecule has 0 saturated heterocycles. The number of aromatic nitrogens is 2. The number of aryl methyl sites for hydroxylation is 1. The largest absolute Gasteiger partial charge is 0.472 e. The van der Waals surface area contributed by atoms with E-state index in [2.05, 4.69) is 14.9 Å². The molecule has 5 nitrogen and oxygen atoms in total. The number of nitrogens with zero attached hydrogens (tertiary/aromatic N) is 3. The van der Waals surface area contributed by atoms with Crippen LogP contribution in [0.3, 0.4) is 0 Å². The van der Waals surface area contributed by atoms with Gasteiger partial charge in [-0.25, -0.2) is 9.97 Å². The van der Waals surface area contributed by atoms with Crippen molar-refractivity contribution in [2.75, 3.05) is 11.9 Å². The highest BCUT2D eigenvalue weighted by Crippen LogP contribution is 2.36. The predicted octanol–water partition coefficient (Wildman–Crippen LogP) is 2.25. The van der Waals surface area contributed by atoms with Crippen molar-refractivity contribution in [2.24, 2.45) is 0 Å². The van der Waals surface area contributed by atoms with Crippen LogP contribution in [0.5, 0.6) is 0 Å². The maximum atomic E-state index is 9.43. The maximum absolute atomic E-state index is 9.43. The van der Waals surface area contributed by atoms with Crippen LogP contribution in [-0.2, 0) is 6.54 Å². The third-order valence-electron chi connectivity index (χ3n) is 3.77. The highest BCUT2D eigenvalue weighted by atomic mass is 16.3. The van der Waals surface area contributed by atoms with Gasteiger partial charge < -0.3 is 14.4 Å². The van der Waals surface area contributed by atoms with Crippen molar-refractivity contribution in [1.82, 2.24) is 9.97 Å². The van der Waals surface area contributed by atoms with Crippen LogP contribution in [0.2, 0.25) is 0 Å². The van der Waals surface area contributed by atoms with Gasteiger partial charge in [-0.3, -0.25) is 0 Å². The highest BCUT2D eigenvalue weighted by Gasteiger charge is 2.30. The quantitative estimate of drug-likeness (QED) is 0.925. The number of rotatable bonds is 4. The fourth-order valence-corrected chi connectivity index (χ4v) is 2.55. The first-order chi connectivity index (χ1) is 9.61. The first kappa shape index (κ1) is 13.1. The molecule has 1 aliphatic carbocycles. The van der Waals surface area contributed by atoms with Gasteiger partial charge in [-0.2, -0.15) is 0 Å². The van der Waals surface area contributed by atoms with Gasteiger partial charge >= 0.3 is 0 Å². The van der Waals surface area contributed by atoms with Crippen LogP contribution < -0.4 is 4.90 Å². The summed E-state index contributed by atoms with van der Waals surface area (Å²) in [5.74, 6) is 2.06. The SMILES string of the molecule is Cc1nc(C2CC(O)C2)cc(N(C)Cc2ccoc2)n1. The zero-order chi connectivity index (χ0) is 14.1. The predicted molar refractivity (Wildman–Crippen MR) is 75.6 cm³/mol. The van der Waals surface area contributed by atoms with E-state index >= 15 is 0 Å². The van der Waals surface area contributed by atoms with Gasteiger partial charge in [0.05, 0.1) is 18.6 Å². The number of anilines is 1. The lowest BCUT2D eigenvalue weighted by atomic mass is 9.80. The van der Waals surface area contributed by atoms with E-state index in [4.69, 9.17) is 4.42 Å². The maximum Gasteiger partial charge on any atom is 0.132 e. The van der Waals surface area contributed by atoms with Crippen LogP contribution in [0.25, 0.3) is 0 Å². The first-order valence-electron chi connectivity index (χ1n) is 6.87. The fraction of sp³-hybridized carbons (Fsp3) is 0.467. The van der Waals surface area contributed by atoms with Crippen molar-refractivity contribution in [3.63, 3.8) is 0 Å². The Balaban J connectivity index is 1.78. The lowest BCUT2D eigenvalue weighted by Gasteiger charge is -2.31. The summed E-state index contributed by atoms with van der Waals surface area (Å²) in [6, 6.07) is 3.98. The third-order valence-corrected chi connectivity index (χ3v) is 3.77. The van der Waals surface area contributed by atoms with Crippen molar-refractivity contribution < 1.29 is 9.52 Å². The molecule has 1 aliphatic rings. The molecule has 1 N–H and O–H groups in total. The van der Waals surface area contributed by atoms with Crippen LogP contribution in [0.4, 0.5) is 5.82 Å². The summed E-state index contributed by atoms with van der Waals surface area (Å²) in [5.41, 5.74) is 2.15. The molecule has 1 fully saturated rings. The molecule has 0 amide bonds. The minimum atomic E-state index is -0.164. The van der Waals surface area contributed by atoms with E-state index in [1.54, 1.807) is 12.5 Å². The molecule has 0 atom stereocenters. The number of aliphatic hydroxyl groups excluding tert-OH is 1. The summed E-state index contributed by atoms with van der Waals surface area (Å²) >= 11 is 0. The number of furan rings is 1. The van der Waals surface area contributed by atoms with E-state index in [9.17, 15) is 5.11 Å². The molecule has 0 aromatic carbocycles. The van der Waals surface area contributed by atoms with Crippen LogP contribution >= 0.6 is 0 Å². The zero-order valence-electron chi connectivity index (χ0n) is 11.8. The van der Waals surface area contributed by atoms with E-state index < -0.39 is 0 Å². The van der Waals surface area contributed by atoms with Gasteiger partial charge in [-0.15, -0.1) is 0 Å². The summed E-state index contributed by atoms with van der Waals surface area (Å²) in [6.07, 6.45) is 4.87. The lowest BCUT2D eigenvalue weighted by Crippen LogP contribution is -2.28. The van der Waals surface area contributed by atoms with Crippen LogP contribution in [-0.4, -0.2) is 28.2 Å². The topological polar surface area (TPSA) is 62.4 Å². The Morgan fingerprint density at radius 1 is 1.40 bits per heavy atom.